The number of hydrogen-bond acceptors (Lipinski definition) is 6. The normalized spacial score (nSPS) is 10.3. The summed E-state index contributed by atoms with van der Waals surface area (Å²) in [6.07, 6.45) is 3.09. The second kappa shape index (κ2) is 9.47. The molecule has 10 heteroatoms. The Bertz CT molecular complexity index is 1220. The van der Waals surface area contributed by atoms with Gasteiger partial charge in [0.2, 0.25) is 0 Å². The molecular formula is C22H17F2N7O. The minimum atomic E-state index is -0.860. The highest BCUT2D eigenvalue weighted by molar-refractivity contribution is 5.99. The number of halogens is 2. The van der Waals surface area contributed by atoms with Gasteiger partial charge in [-0.2, -0.15) is 0 Å². The Morgan fingerprint density at radius 1 is 0.719 bits per heavy atom. The predicted octanol–water partition coefficient (Wildman–Crippen LogP) is 5.28. The highest BCUT2D eigenvalue weighted by Crippen LogP contribution is 2.21. The molecule has 0 bridgehead atoms. The number of carbonyl (C=O) groups is 1. The molecule has 0 unspecified atom stereocenters. The molecule has 2 aromatic carbocycles. The maximum absolute atomic E-state index is 13.7. The Balaban J connectivity index is 1.35. The van der Waals surface area contributed by atoms with Crippen molar-refractivity contribution in [2.45, 2.75) is 0 Å². The van der Waals surface area contributed by atoms with Crippen molar-refractivity contribution in [2.75, 3.05) is 21.3 Å². The minimum Gasteiger partial charge on any atom is -0.340 e. The zero-order valence-electron chi connectivity index (χ0n) is 16.5. The topological polar surface area (TPSA) is 104 Å². The fourth-order valence-corrected chi connectivity index (χ4v) is 2.72. The summed E-state index contributed by atoms with van der Waals surface area (Å²) in [6, 6.07) is 16.3. The Morgan fingerprint density at radius 2 is 1.47 bits per heavy atom. The molecule has 32 heavy (non-hydrogen) atoms. The van der Waals surface area contributed by atoms with Gasteiger partial charge in [-0.1, -0.05) is 6.07 Å². The molecule has 0 aliphatic carbocycles. The van der Waals surface area contributed by atoms with Gasteiger partial charge in [-0.3, -0.25) is 0 Å². The molecule has 0 saturated carbocycles. The third kappa shape index (κ3) is 5.51. The summed E-state index contributed by atoms with van der Waals surface area (Å²) in [5.41, 5.74) is 1.08. The second-order valence-electron chi connectivity index (χ2n) is 6.53. The molecule has 0 radical (unpaired) electrons. The number of benzene rings is 2. The van der Waals surface area contributed by atoms with Crippen LogP contribution in [0.4, 0.5) is 48.1 Å². The third-order valence-electron chi connectivity index (χ3n) is 4.18. The first-order valence-corrected chi connectivity index (χ1v) is 9.45. The van der Waals surface area contributed by atoms with Gasteiger partial charge in [0.25, 0.3) is 0 Å². The number of pyridine rings is 1. The number of carbonyl (C=O) groups excluding carboxylic acids is 1. The van der Waals surface area contributed by atoms with Crippen LogP contribution in [-0.4, -0.2) is 21.0 Å². The number of nitrogens with zero attached hydrogens (tertiary/aromatic N) is 3. The number of rotatable bonds is 6. The first kappa shape index (κ1) is 20.7. The van der Waals surface area contributed by atoms with Gasteiger partial charge >= 0.3 is 6.03 Å². The average molecular weight is 433 g/mol. The standard InChI is InChI=1S/C22H17F2N7O/c23-14-4-9-18(17(24)11-14)30-22(32)29-16-7-5-15(6-8-16)28-20-12-21(27-13-26-20)31-19-3-1-2-10-25-19/h1-13H,(H2,29,30,32)(H2,25,26,27,28,31). The van der Waals surface area contributed by atoms with Gasteiger partial charge in [0.15, 0.2) is 0 Å². The van der Waals surface area contributed by atoms with Crippen LogP contribution in [0.3, 0.4) is 0 Å². The van der Waals surface area contributed by atoms with Crippen molar-refractivity contribution in [2.24, 2.45) is 0 Å². The van der Waals surface area contributed by atoms with Crippen LogP contribution >= 0.6 is 0 Å². The molecule has 2 aromatic heterocycles. The van der Waals surface area contributed by atoms with Crippen LogP contribution in [0.15, 0.2) is 79.3 Å². The van der Waals surface area contributed by atoms with E-state index in [1.807, 2.05) is 18.2 Å². The van der Waals surface area contributed by atoms with E-state index in [0.29, 0.717) is 29.2 Å². The van der Waals surface area contributed by atoms with E-state index in [-0.39, 0.29) is 5.69 Å². The largest absolute Gasteiger partial charge is 0.340 e. The van der Waals surface area contributed by atoms with E-state index in [0.717, 1.165) is 17.8 Å². The van der Waals surface area contributed by atoms with Crippen molar-refractivity contribution in [1.29, 1.82) is 0 Å². The van der Waals surface area contributed by atoms with E-state index < -0.39 is 17.7 Å². The first-order chi connectivity index (χ1) is 15.5. The zero-order chi connectivity index (χ0) is 22.3. The number of hydrogen-bond donors (Lipinski definition) is 4. The first-order valence-electron chi connectivity index (χ1n) is 9.45. The van der Waals surface area contributed by atoms with Gasteiger partial charge in [-0.05, 0) is 48.5 Å². The van der Waals surface area contributed by atoms with Crippen LogP contribution in [0.1, 0.15) is 0 Å². The number of aromatic nitrogens is 3. The molecule has 0 atom stereocenters. The van der Waals surface area contributed by atoms with E-state index in [9.17, 15) is 13.6 Å². The maximum Gasteiger partial charge on any atom is 0.323 e. The van der Waals surface area contributed by atoms with Crippen LogP contribution in [0.2, 0.25) is 0 Å². The van der Waals surface area contributed by atoms with E-state index in [2.05, 4.69) is 36.2 Å². The predicted molar refractivity (Wildman–Crippen MR) is 118 cm³/mol. The summed E-state index contributed by atoms with van der Waals surface area (Å²) in [7, 11) is 0. The average Bonchev–Trinajstić information content (AvgIpc) is 2.78. The van der Waals surface area contributed by atoms with Crippen molar-refractivity contribution < 1.29 is 13.6 Å². The van der Waals surface area contributed by atoms with Crippen LogP contribution in [0, 0.1) is 11.6 Å². The molecule has 4 aromatic rings. The lowest BCUT2D eigenvalue weighted by atomic mass is 10.2. The molecule has 2 heterocycles. The lowest BCUT2D eigenvalue weighted by molar-refractivity contribution is 0.262. The van der Waals surface area contributed by atoms with Gasteiger partial charge < -0.3 is 21.3 Å². The number of anilines is 6. The van der Waals surface area contributed by atoms with Crippen LogP contribution < -0.4 is 21.3 Å². The Labute approximate surface area is 181 Å². The summed E-state index contributed by atoms with van der Waals surface area (Å²) in [4.78, 5) is 24.6. The van der Waals surface area contributed by atoms with Crippen LogP contribution in [0.5, 0.6) is 0 Å². The SMILES string of the molecule is O=C(Nc1ccc(Nc2cc(Nc3ccccn3)ncn2)cc1)Nc1ccc(F)cc1F. The minimum absolute atomic E-state index is 0.124. The Kier molecular flexibility index (Phi) is 6.12. The number of nitrogens with one attached hydrogen (secondary N) is 4. The molecule has 2 amide bonds. The van der Waals surface area contributed by atoms with Gasteiger partial charge in [-0.25, -0.2) is 28.5 Å². The molecule has 0 saturated heterocycles. The van der Waals surface area contributed by atoms with E-state index >= 15 is 0 Å². The second-order valence-corrected chi connectivity index (χ2v) is 6.53. The van der Waals surface area contributed by atoms with Crippen molar-refractivity contribution in [3.8, 4) is 0 Å². The molecular weight excluding hydrogens is 416 g/mol. The summed E-state index contributed by atoms with van der Waals surface area (Å²) in [5.74, 6) is 0.209. The highest BCUT2D eigenvalue weighted by Gasteiger charge is 2.08. The number of urea groups is 1. The summed E-state index contributed by atoms with van der Waals surface area (Å²) in [6.45, 7) is 0. The Morgan fingerprint density at radius 3 is 2.19 bits per heavy atom. The zero-order valence-corrected chi connectivity index (χ0v) is 16.5. The summed E-state index contributed by atoms with van der Waals surface area (Å²) < 4.78 is 26.6. The van der Waals surface area contributed by atoms with Crippen LogP contribution in [0.25, 0.3) is 0 Å². The lowest BCUT2D eigenvalue weighted by Gasteiger charge is -2.10. The van der Waals surface area contributed by atoms with Crippen molar-refractivity contribution in [3.05, 3.63) is 90.9 Å². The van der Waals surface area contributed by atoms with Crippen LogP contribution in [-0.2, 0) is 0 Å². The molecule has 0 aliphatic rings. The fourth-order valence-electron chi connectivity index (χ4n) is 2.72. The molecule has 0 spiro atoms. The summed E-state index contributed by atoms with van der Waals surface area (Å²) >= 11 is 0. The van der Waals surface area contributed by atoms with E-state index in [4.69, 9.17) is 0 Å². The van der Waals surface area contributed by atoms with Gasteiger partial charge in [0.1, 0.15) is 35.4 Å². The molecule has 160 valence electrons. The Hall–Kier alpha value is -4.60. The molecule has 4 N–H and O–H groups in total. The molecule has 0 fully saturated rings. The highest BCUT2D eigenvalue weighted by atomic mass is 19.1. The maximum atomic E-state index is 13.7. The third-order valence-corrected chi connectivity index (χ3v) is 4.18. The molecule has 0 aliphatic heterocycles. The van der Waals surface area contributed by atoms with Gasteiger partial charge in [0, 0.05) is 29.7 Å². The smallest absolute Gasteiger partial charge is 0.323 e. The van der Waals surface area contributed by atoms with E-state index in [1.54, 1.807) is 36.5 Å². The van der Waals surface area contributed by atoms with E-state index in [1.165, 1.54) is 6.33 Å². The monoisotopic (exact) mass is 433 g/mol. The fraction of sp³-hybridized carbons (Fsp3) is 0. The molecule has 4 rings (SSSR count). The van der Waals surface area contributed by atoms with Crippen molar-refractivity contribution in [1.82, 2.24) is 15.0 Å². The van der Waals surface area contributed by atoms with Crippen molar-refractivity contribution in [3.63, 3.8) is 0 Å². The quantitative estimate of drug-likeness (QED) is 0.330. The van der Waals surface area contributed by atoms with Gasteiger partial charge in [0.05, 0.1) is 5.69 Å². The summed E-state index contributed by atoms with van der Waals surface area (Å²) in [5, 5.41) is 11.1. The van der Waals surface area contributed by atoms with Crippen molar-refractivity contribution >= 4 is 40.5 Å². The lowest BCUT2D eigenvalue weighted by Crippen LogP contribution is -2.20. The number of amides is 2. The molecule has 8 nitrogen and oxygen atoms in total. The van der Waals surface area contributed by atoms with Gasteiger partial charge in [-0.15, -0.1) is 0 Å².